The summed E-state index contributed by atoms with van der Waals surface area (Å²) in [5, 5.41) is 0.471. The van der Waals surface area contributed by atoms with Crippen LogP contribution in [0.3, 0.4) is 0 Å². The number of H-pyrrole nitrogens is 1. The summed E-state index contributed by atoms with van der Waals surface area (Å²) in [4.78, 5) is 33.4. The summed E-state index contributed by atoms with van der Waals surface area (Å²) >= 11 is 0. The molecule has 1 aromatic carbocycles. The van der Waals surface area contributed by atoms with Crippen LogP contribution >= 0.6 is 0 Å². The molecule has 0 radical (unpaired) electrons. The predicted octanol–water partition coefficient (Wildman–Crippen LogP) is 0.420. The quantitative estimate of drug-likeness (QED) is 0.854. The van der Waals surface area contributed by atoms with E-state index in [4.69, 9.17) is 10.5 Å². The number of nitrogens with one attached hydrogen (secondary N) is 1. The molecule has 2 atom stereocenters. The molecule has 3 N–H and O–H groups in total. The van der Waals surface area contributed by atoms with E-state index in [0.717, 1.165) is 6.42 Å². The van der Waals surface area contributed by atoms with E-state index in [1.54, 1.807) is 37.1 Å². The first kappa shape index (κ1) is 15.6. The van der Waals surface area contributed by atoms with Crippen LogP contribution in [-0.2, 0) is 4.74 Å². The first-order chi connectivity index (χ1) is 11.0. The van der Waals surface area contributed by atoms with Gasteiger partial charge in [0.05, 0.1) is 17.0 Å². The van der Waals surface area contributed by atoms with Crippen molar-refractivity contribution in [2.45, 2.75) is 25.5 Å². The fourth-order valence-electron chi connectivity index (χ4n) is 3.07. The Morgan fingerprint density at radius 3 is 3.00 bits per heavy atom. The van der Waals surface area contributed by atoms with E-state index in [1.165, 1.54) is 0 Å². The number of benzene rings is 1. The lowest BCUT2D eigenvalue weighted by molar-refractivity contribution is 0.0692. The van der Waals surface area contributed by atoms with E-state index >= 15 is 0 Å². The number of nitrogens with zero attached hydrogens (tertiary/aromatic N) is 2. The highest BCUT2D eigenvalue weighted by Gasteiger charge is 2.34. The van der Waals surface area contributed by atoms with Crippen molar-refractivity contribution in [2.24, 2.45) is 5.73 Å². The van der Waals surface area contributed by atoms with Gasteiger partial charge in [0.2, 0.25) is 0 Å². The molecule has 2 heterocycles. The summed E-state index contributed by atoms with van der Waals surface area (Å²) in [6.45, 7) is 2.64. The second-order valence-corrected chi connectivity index (χ2v) is 5.82. The first-order valence-electron chi connectivity index (χ1n) is 7.58. The zero-order valence-electron chi connectivity index (χ0n) is 13.2. The van der Waals surface area contributed by atoms with Gasteiger partial charge in [-0.3, -0.25) is 9.59 Å². The molecule has 0 aliphatic carbocycles. The molecule has 0 unspecified atom stereocenters. The number of aromatic amines is 1. The van der Waals surface area contributed by atoms with Crippen molar-refractivity contribution in [1.29, 1.82) is 0 Å². The van der Waals surface area contributed by atoms with E-state index in [9.17, 15) is 9.59 Å². The number of fused-ring (bicyclic) bond motifs is 1. The molecule has 1 fully saturated rings. The van der Waals surface area contributed by atoms with Crippen LogP contribution in [0.5, 0.6) is 0 Å². The Hall–Kier alpha value is -2.25. The Balaban J connectivity index is 1.96. The molecule has 2 aromatic rings. The molecule has 0 saturated carbocycles. The number of aromatic nitrogens is 2. The largest absolute Gasteiger partial charge is 0.380 e. The molecule has 0 bridgehead atoms. The average molecular weight is 316 g/mol. The second-order valence-electron chi connectivity index (χ2n) is 5.82. The predicted molar refractivity (Wildman–Crippen MR) is 86.4 cm³/mol. The number of methoxy groups -OCH3 is 1. The third-order valence-corrected chi connectivity index (χ3v) is 4.31. The molecule has 1 aliphatic rings. The van der Waals surface area contributed by atoms with Crippen LogP contribution < -0.4 is 11.3 Å². The Morgan fingerprint density at radius 2 is 2.30 bits per heavy atom. The van der Waals surface area contributed by atoms with E-state index in [1.807, 2.05) is 0 Å². The van der Waals surface area contributed by atoms with Gasteiger partial charge in [0, 0.05) is 31.8 Å². The Labute approximate surface area is 133 Å². The Morgan fingerprint density at radius 1 is 1.52 bits per heavy atom. The maximum Gasteiger partial charge on any atom is 0.258 e. The zero-order chi connectivity index (χ0) is 16.6. The average Bonchev–Trinajstić information content (AvgIpc) is 2.96. The zero-order valence-corrected chi connectivity index (χ0v) is 13.2. The maximum absolute atomic E-state index is 12.8. The van der Waals surface area contributed by atoms with Gasteiger partial charge in [-0.05, 0) is 31.5 Å². The first-order valence-corrected chi connectivity index (χ1v) is 7.58. The summed E-state index contributed by atoms with van der Waals surface area (Å²) in [7, 11) is 1.64. The van der Waals surface area contributed by atoms with Crippen LogP contribution in [-0.4, -0.2) is 53.1 Å². The van der Waals surface area contributed by atoms with Crippen molar-refractivity contribution in [3.63, 3.8) is 0 Å². The molecular weight excluding hydrogens is 296 g/mol. The molecule has 3 rings (SSSR count). The SMILES string of the molecule is CO[C@H]1C[C@@H](CN)N(C(=O)c2ccc3c(=O)[nH]c(C)nc3c2)C1. The van der Waals surface area contributed by atoms with Gasteiger partial charge in [0.15, 0.2) is 0 Å². The van der Waals surface area contributed by atoms with Gasteiger partial charge in [-0.25, -0.2) is 4.98 Å². The van der Waals surface area contributed by atoms with Crippen LogP contribution in [0.1, 0.15) is 22.6 Å². The van der Waals surface area contributed by atoms with Crippen molar-refractivity contribution in [2.75, 3.05) is 20.2 Å². The van der Waals surface area contributed by atoms with E-state index < -0.39 is 0 Å². The number of rotatable bonds is 3. The van der Waals surface area contributed by atoms with Crippen molar-refractivity contribution >= 4 is 16.8 Å². The van der Waals surface area contributed by atoms with E-state index in [2.05, 4.69) is 9.97 Å². The number of carbonyl (C=O) groups is 1. The molecule has 1 aromatic heterocycles. The molecule has 23 heavy (non-hydrogen) atoms. The van der Waals surface area contributed by atoms with Gasteiger partial charge in [0.1, 0.15) is 5.82 Å². The molecule has 0 spiro atoms. The number of hydrogen-bond donors (Lipinski definition) is 2. The minimum Gasteiger partial charge on any atom is -0.380 e. The second kappa shape index (κ2) is 6.10. The molecular formula is C16H20N4O3. The molecule has 1 aliphatic heterocycles. The molecule has 7 nitrogen and oxygen atoms in total. The number of nitrogens with two attached hydrogens (primary N) is 1. The minimum absolute atomic E-state index is 0.0103. The highest BCUT2D eigenvalue weighted by atomic mass is 16.5. The molecule has 122 valence electrons. The van der Waals surface area contributed by atoms with Gasteiger partial charge in [-0.2, -0.15) is 0 Å². The highest BCUT2D eigenvalue weighted by molar-refractivity contribution is 5.98. The van der Waals surface area contributed by atoms with Gasteiger partial charge >= 0.3 is 0 Å². The van der Waals surface area contributed by atoms with Crippen molar-refractivity contribution in [3.05, 3.63) is 39.9 Å². The van der Waals surface area contributed by atoms with Crippen LogP contribution in [0.2, 0.25) is 0 Å². The fourth-order valence-corrected chi connectivity index (χ4v) is 3.07. The number of ether oxygens (including phenoxy) is 1. The summed E-state index contributed by atoms with van der Waals surface area (Å²) in [6.07, 6.45) is 0.750. The monoisotopic (exact) mass is 316 g/mol. The Kier molecular flexibility index (Phi) is 4.14. The minimum atomic E-state index is -0.202. The molecule has 1 saturated heterocycles. The number of likely N-dealkylation sites (tertiary alicyclic amines) is 1. The lowest BCUT2D eigenvalue weighted by Crippen LogP contribution is -2.40. The van der Waals surface area contributed by atoms with Crippen LogP contribution in [0.4, 0.5) is 0 Å². The smallest absolute Gasteiger partial charge is 0.258 e. The van der Waals surface area contributed by atoms with Gasteiger partial charge in [-0.15, -0.1) is 0 Å². The Bertz CT molecular complexity index is 802. The van der Waals surface area contributed by atoms with E-state index in [0.29, 0.717) is 35.4 Å². The van der Waals surface area contributed by atoms with Gasteiger partial charge < -0.3 is 20.4 Å². The molecule has 1 amide bonds. The lowest BCUT2D eigenvalue weighted by Gasteiger charge is -2.23. The maximum atomic E-state index is 12.8. The highest BCUT2D eigenvalue weighted by Crippen LogP contribution is 2.22. The van der Waals surface area contributed by atoms with Crippen molar-refractivity contribution in [3.8, 4) is 0 Å². The van der Waals surface area contributed by atoms with E-state index in [-0.39, 0.29) is 23.6 Å². The standard InChI is InChI=1S/C16H20N4O3/c1-9-18-14-5-10(3-4-13(14)15(21)19-9)16(22)20-8-12(23-2)6-11(20)7-17/h3-5,11-12H,6-8,17H2,1-2H3,(H,18,19,21)/t11-,12-/m0/s1. The van der Waals surface area contributed by atoms with Crippen LogP contribution in [0.15, 0.2) is 23.0 Å². The molecule has 7 heteroatoms. The van der Waals surface area contributed by atoms with Gasteiger partial charge in [-0.1, -0.05) is 0 Å². The van der Waals surface area contributed by atoms with Crippen LogP contribution in [0.25, 0.3) is 10.9 Å². The third kappa shape index (κ3) is 2.85. The lowest BCUT2D eigenvalue weighted by atomic mass is 10.1. The number of hydrogen-bond acceptors (Lipinski definition) is 5. The fraction of sp³-hybridized carbons (Fsp3) is 0.438. The van der Waals surface area contributed by atoms with Gasteiger partial charge in [0.25, 0.3) is 11.5 Å². The summed E-state index contributed by atoms with van der Waals surface area (Å²) in [6, 6.07) is 4.92. The van der Waals surface area contributed by atoms with Crippen LogP contribution in [0, 0.1) is 6.92 Å². The number of carbonyl (C=O) groups excluding carboxylic acids is 1. The van der Waals surface area contributed by atoms with Crippen molar-refractivity contribution in [1.82, 2.24) is 14.9 Å². The summed E-state index contributed by atoms with van der Waals surface area (Å²) in [5.41, 5.74) is 6.60. The number of aryl methyl sites for hydroxylation is 1. The topological polar surface area (TPSA) is 101 Å². The van der Waals surface area contributed by atoms with Crippen molar-refractivity contribution < 1.29 is 9.53 Å². The number of amides is 1. The third-order valence-electron chi connectivity index (χ3n) is 4.31. The summed E-state index contributed by atoms with van der Waals surface area (Å²) < 4.78 is 5.35. The summed E-state index contributed by atoms with van der Waals surface area (Å²) in [5.74, 6) is 0.411. The normalized spacial score (nSPS) is 21.1.